The summed E-state index contributed by atoms with van der Waals surface area (Å²) in [4.78, 5) is 16.3. The highest BCUT2D eigenvalue weighted by Crippen LogP contribution is 2.21. The van der Waals surface area contributed by atoms with Gasteiger partial charge in [-0.15, -0.1) is 0 Å². The SMILES string of the molecule is CC(C)Cn1ccnc(NCc2ccc(Cl)cc2Cl)c1=O. The van der Waals surface area contributed by atoms with Crippen molar-refractivity contribution in [1.29, 1.82) is 0 Å². The van der Waals surface area contributed by atoms with Crippen molar-refractivity contribution >= 4 is 29.0 Å². The van der Waals surface area contributed by atoms with E-state index in [4.69, 9.17) is 23.2 Å². The van der Waals surface area contributed by atoms with Crippen LogP contribution in [0.5, 0.6) is 0 Å². The van der Waals surface area contributed by atoms with E-state index in [-0.39, 0.29) is 5.56 Å². The van der Waals surface area contributed by atoms with Gasteiger partial charge < -0.3 is 9.88 Å². The van der Waals surface area contributed by atoms with Gasteiger partial charge in [-0.2, -0.15) is 0 Å². The summed E-state index contributed by atoms with van der Waals surface area (Å²) in [6.07, 6.45) is 3.32. The van der Waals surface area contributed by atoms with Gasteiger partial charge in [0.1, 0.15) is 0 Å². The van der Waals surface area contributed by atoms with Gasteiger partial charge in [0.25, 0.3) is 5.56 Å². The summed E-state index contributed by atoms with van der Waals surface area (Å²) in [7, 11) is 0. The molecule has 4 nitrogen and oxygen atoms in total. The van der Waals surface area contributed by atoms with Crippen LogP contribution in [0.1, 0.15) is 19.4 Å². The zero-order valence-corrected chi connectivity index (χ0v) is 13.4. The maximum Gasteiger partial charge on any atom is 0.293 e. The van der Waals surface area contributed by atoms with Crippen LogP contribution < -0.4 is 10.9 Å². The third kappa shape index (κ3) is 4.22. The topological polar surface area (TPSA) is 46.9 Å². The minimum atomic E-state index is -0.128. The Morgan fingerprint density at radius 3 is 2.76 bits per heavy atom. The minimum absolute atomic E-state index is 0.128. The second-order valence-electron chi connectivity index (χ2n) is 5.22. The molecule has 2 rings (SSSR count). The second kappa shape index (κ2) is 6.96. The smallest absolute Gasteiger partial charge is 0.293 e. The number of benzene rings is 1. The number of rotatable bonds is 5. The molecule has 1 aromatic heterocycles. The molecule has 0 amide bonds. The fourth-order valence-corrected chi connectivity index (χ4v) is 2.43. The predicted molar refractivity (Wildman–Crippen MR) is 87.1 cm³/mol. The third-order valence-electron chi connectivity index (χ3n) is 2.94. The van der Waals surface area contributed by atoms with E-state index in [1.54, 1.807) is 29.1 Å². The number of halogens is 2. The molecule has 0 aliphatic rings. The van der Waals surface area contributed by atoms with Crippen LogP contribution >= 0.6 is 23.2 Å². The fourth-order valence-electron chi connectivity index (χ4n) is 1.95. The average Bonchev–Trinajstić information content (AvgIpc) is 2.41. The molecule has 0 bridgehead atoms. The Labute approximate surface area is 133 Å². The first-order chi connectivity index (χ1) is 9.97. The molecular formula is C15H17Cl2N3O. The predicted octanol–water partition coefficient (Wildman–Crippen LogP) is 3.82. The zero-order chi connectivity index (χ0) is 15.4. The van der Waals surface area contributed by atoms with E-state index in [0.717, 1.165) is 5.56 Å². The van der Waals surface area contributed by atoms with Crippen molar-refractivity contribution < 1.29 is 0 Å². The van der Waals surface area contributed by atoms with Gasteiger partial charge in [-0.25, -0.2) is 4.98 Å². The Morgan fingerprint density at radius 2 is 2.10 bits per heavy atom. The lowest BCUT2D eigenvalue weighted by Gasteiger charge is -2.11. The average molecular weight is 326 g/mol. The number of hydrogen-bond acceptors (Lipinski definition) is 3. The molecule has 0 saturated carbocycles. The van der Waals surface area contributed by atoms with Gasteiger partial charge in [-0.1, -0.05) is 43.1 Å². The molecule has 0 spiro atoms. The van der Waals surface area contributed by atoms with Gasteiger partial charge in [0.2, 0.25) is 0 Å². The van der Waals surface area contributed by atoms with Gasteiger partial charge in [0.15, 0.2) is 5.82 Å². The first-order valence-corrected chi connectivity index (χ1v) is 7.46. The monoisotopic (exact) mass is 325 g/mol. The van der Waals surface area contributed by atoms with Crippen LogP contribution in [0, 0.1) is 5.92 Å². The van der Waals surface area contributed by atoms with Gasteiger partial charge in [-0.3, -0.25) is 4.79 Å². The number of nitrogens with zero attached hydrogens (tertiary/aromatic N) is 2. The number of anilines is 1. The molecule has 1 aromatic carbocycles. The van der Waals surface area contributed by atoms with Crippen molar-refractivity contribution in [2.24, 2.45) is 5.92 Å². The van der Waals surface area contributed by atoms with Gasteiger partial charge in [0, 0.05) is 35.5 Å². The summed E-state index contributed by atoms with van der Waals surface area (Å²) in [6.45, 7) is 5.21. The van der Waals surface area contributed by atoms with E-state index >= 15 is 0 Å². The van der Waals surface area contributed by atoms with Crippen molar-refractivity contribution in [3.05, 3.63) is 56.6 Å². The highest BCUT2D eigenvalue weighted by Gasteiger charge is 2.07. The molecular weight excluding hydrogens is 309 g/mol. The van der Waals surface area contributed by atoms with Gasteiger partial charge in [0.05, 0.1) is 0 Å². The summed E-state index contributed by atoms with van der Waals surface area (Å²) in [5.41, 5.74) is 0.734. The van der Waals surface area contributed by atoms with Crippen molar-refractivity contribution in [2.75, 3.05) is 5.32 Å². The highest BCUT2D eigenvalue weighted by atomic mass is 35.5. The first kappa shape index (κ1) is 15.9. The van der Waals surface area contributed by atoms with Crippen LogP contribution in [0.15, 0.2) is 35.4 Å². The summed E-state index contributed by atoms with van der Waals surface area (Å²) >= 11 is 12.0. The summed E-state index contributed by atoms with van der Waals surface area (Å²) < 4.78 is 1.66. The molecule has 0 aliphatic carbocycles. The molecule has 0 atom stereocenters. The van der Waals surface area contributed by atoms with Crippen molar-refractivity contribution in [3.63, 3.8) is 0 Å². The Bertz CT molecular complexity index is 683. The maximum absolute atomic E-state index is 12.2. The third-order valence-corrected chi connectivity index (χ3v) is 3.52. The van der Waals surface area contributed by atoms with Crippen LogP contribution in [0.4, 0.5) is 5.82 Å². The Hall–Kier alpha value is -1.52. The van der Waals surface area contributed by atoms with E-state index in [2.05, 4.69) is 24.1 Å². The van der Waals surface area contributed by atoms with Crippen LogP contribution in [-0.4, -0.2) is 9.55 Å². The fraction of sp³-hybridized carbons (Fsp3) is 0.333. The lowest BCUT2D eigenvalue weighted by Crippen LogP contribution is -2.25. The van der Waals surface area contributed by atoms with E-state index in [1.165, 1.54) is 0 Å². The second-order valence-corrected chi connectivity index (χ2v) is 6.06. The lowest BCUT2D eigenvalue weighted by molar-refractivity contribution is 0.509. The Balaban J connectivity index is 2.15. The van der Waals surface area contributed by atoms with Crippen molar-refractivity contribution in [2.45, 2.75) is 26.9 Å². The van der Waals surface area contributed by atoms with E-state index < -0.39 is 0 Å². The highest BCUT2D eigenvalue weighted by molar-refractivity contribution is 6.35. The van der Waals surface area contributed by atoms with E-state index in [0.29, 0.717) is 34.9 Å². The maximum atomic E-state index is 12.2. The number of hydrogen-bond donors (Lipinski definition) is 1. The quantitative estimate of drug-likeness (QED) is 0.909. The molecule has 6 heteroatoms. The molecule has 1 heterocycles. The molecule has 21 heavy (non-hydrogen) atoms. The molecule has 1 N–H and O–H groups in total. The molecule has 112 valence electrons. The summed E-state index contributed by atoms with van der Waals surface area (Å²) in [5, 5.41) is 4.18. The number of nitrogens with one attached hydrogen (secondary N) is 1. The molecule has 0 unspecified atom stereocenters. The molecule has 0 aliphatic heterocycles. The summed E-state index contributed by atoms with van der Waals surface area (Å²) in [5.74, 6) is 0.716. The zero-order valence-electron chi connectivity index (χ0n) is 11.9. The largest absolute Gasteiger partial charge is 0.361 e. The summed E-state index contributed by atoms with van der Waals surface area (Å²) in [6, 6.07) is 5.27. The van der Waals surface area contributed by atoms with Crippen LogP contribution in [-0.2, 0) is 13.1 Å². The normalized spacial score (nSPS) is 10.9. The van der Waals surface area contributed by atoms with Crippen LogP contribution in [0.25, 0.3) is 0 Å². The molecule has 2 aromatic rings. The molecule has 0 fully saturated rings. The van der Waals surface area contributed by atoms with E-state index in [9.17, 15) is 4.79 Å². The van der Waals surface area contributed by atoms with Crippen LogP contribution in [0.3, 0.4) is 0 Å². The number of aromatic nitrogens is 2. The van der Waals surface area contributed by atoms with Crippen molar-refractivity contribution in [1.82, 2.24) is 9.55 Å². The lowest BCUT2D eigenvalue weighted by atomic mass is 10.2. The standard InChI is InChI=1S/C15H17Cl2N3O/c1-10(2)9-20-6-5-18-14(15(20)21)19-8-11-3-4-12(16)7-13(11)17/h3-7,10H,8-9H2,1-2H3,(H,18,19). The Kier molecular flexibility index (Phi) is 5.26. The minimum Gasteiger partial charge on any atom is -0.361 e. The Morgan fingerprint density at radius 1 is 1.33 bits per heavy atom. The molecule has 0 radical (unpaired) electrons. The molecule has 0 saturated heterocycles. The van der Waals surface area contributed by atoms with Gasteiger partial charge in [-0.05, 0) is 23.6 Å². The van der Waals surface area contributed by atoms with Gasteiger partial charge >= 0.3 is 0 Å². The van der Waals surface area contributed by atoms with Crippen LogP contribution in [0.2, 0.25) is 10.0 Å². The van der Waals surface area contributed by atoms with Crippen molar-refractivity contribution in [3.8, 4) is 0 Å². The van der Waals surface area contributed by atoms with E-state index in [1.807, 2.05) is 6.07 Å². The first-order valence-electron chi connectivity index (χ1n) is 6.70.